The van der Waals surface area contributed by atoms with Crippen LogP contribution in [0.2, 0.25) is 0 Å². The number of oxazole rings is 1. The van der Waals surface area contributed by atoms with Crippen LogP contribution in [0.4, 0.5) is 5.69 Å². The first-order valence-electron chi connectivity index (χ1n) is 10.7. The number of hydrogen-bond acceptors (Lipinski definition) is 3. The molecule has 0 bridgehead atoms. The number of fused-ring (bicyclic) bond motifs is 6. The number of nitrogens with zero attached hydrogens (tertiary/aromatic N) is 2. The van der Waals surface area contributed by atoms with Crippen molar-refractivity contribution in [3.8, 4) is 5.75 Å². The fourth-order valence-electron chi connectivity index (χ4n) is 4.47. The Morgan fingerprint density at radius 3 is 2.38 bits per heavy atom. The van der Waals surface area contributed by atoms with Gasteiger partial charge >= 0.3 is 5.89 Å². The van der Waals surface area contributed by atoms with Crippen molar-refractivity contribution in [1.29, 1.82) is 0 Å². The van der Waals surface area contributed by atoms with E-state index in [1.54, 1.807) is 0 Å². The molecule has 0 fully saturated rings. The van der Waals surface area contributed by atoms with Gasteiger partial charge in [-0.2, -0.15) is 4.57 Å². The van der Waals surface area contributed by atoms with E-state index < -0.39 is 0 Å². The smallest absolute Gasteiger partial charge is 0.374 e. The molecular weight excluding hydrogens is 396 g/mol. The zero-order valence-corrected chi connectivity index (χ0v) is 18.3. The Balaban J connectivity index is 1.40. The quantitative estimate of drug-likeness (QED) is 0.313. The molecule has 5 aromatic rings. The molecule has 0 radical (unpaired) electrons. The van der Waals surface area contributed by atoms with Gasteiger partial charge in [0.05, 0.1) is 11.8 Å². The summed E-state index contributed by atoms with van der Waals surface area (Å²) in [6.45, 7) is 2.07. The van der Waals surface area contributed by atoms with Crippen LogP contribution in [0, 0.1) is 0 Å². The molecule has 6 rings (SSSR count). The molecule has 1 aliphatic rings. The number of allylic oxidation sites excluding steroid dienone is 2. The highest BCUT2D eigenvalue weighted by atomic mass is 16.5. The van der Waals surface area contributed by atoms with Crippen LogP contribution in [0.3, 0.4) is 0 Å². The van der Waals surface area contributed by atoms with Crippen molar-refractivity contribution in [1.82, 2.24) is 0 Å². The number of hydrogen-bond donors (Lipinski definition) is 0. The van der Waals surface area contributed by atoms with E-state index in [4.69, 9.17) is 9.15 Å². The van der Waals surface area contributed by atoms with E-state index in [2.05, 4.69) is 77.1 Å². The molecule has 156 valence electrons. The van der Waals surface area contributed by atoms with Crippen LogP contribution in [-0.4, -0.2) is 7.05 Å². The molecule has 4 aromatic carbocycles. The van der Waals surface area contributed by atoms with Crippen molar-refractivity contribution in [2.24, 2.45) is 7.05 Å². The minimum Gasteiger partial charge on any atom is -0.438 e. The lowest BCUT2D eigenvalue weighted by Gasteiger charge is -2.10. The Labute approximate surface area is 186 Å². The van der Waals surface area contributed by atoms with Crippen LogP contribution in [0.5, 0.6) is 5.75 Å². The molecule has 1 aliphatic heterocycles. The van der Waals surface area contributed by atoms with E-state index >= 15 is 0 Å². The second-order valence-electron chi connectivity index (χ2n) is 8.30. The number of aromatic nitrogens is 1. The van der Waals surface area contributed by atoms with Gasteiger partial charge in [0.15, 0.2) is 5.75 Å². The summed E-state index contributed by atoms with van der Waals surface area (Å²) < 4.78 is 14.7. The lowest BCUT2D eigenvalue weighted by molar-refractivity contribution is -0.652. The summed E-state index contributed by atoms with van der Waals surface area (Å²) in [5, 5.41) is 4.60. The molecule has 32 heavy (non-hydrogen) atoms. The van der Waals surface area contributed by atoms with Crippen LogP contribution < -0.4 is 14.2 Å². The molecule has 0 saturated carbocycles. The molecule has 4 heteroatoms. The van der Waals surface area contributed by atoms with Crippen molar-refractivity contribution in [3.63, 3.8) is 0 Å². The Morgan fingerprint density at radius 1 is 0.875 bits per heavy atom. The zero-order chi connectivity index (χ0) is 21.8. The van der Waals surface area contributed by atoms with Gasteiger partial charge in [0, 0.05) is 30.0 Å². The average molecular weight is 420 g/mol. The van der Waals surface area contributed by atoms with Gasteiger partial charge in [-0.15, -0.1) is 0 Å². The second kappa shape index (κ2) is 6.99. The second-order valence-corrected chi connectivity index (χ2v) is 8.30. The van der Waals surface area contributed by atoms with Crippen molar-refractivity contribution in [2.45, 2.75) is 6.92 Å². The first kappa shape index (κ1) is 18.7. The molecule has 1 aromatic heterocycles. The number of anilines is 1. The highest BCUT2D eigenvalue weighted by Crippen LogP contribution is 2.43. The number of benzene rings is 4. The van der Waals surface area contributed by atoms with Crippen LogP contribution in [0.15, 0.2) is 94.7 Å². The lowest BCUT2D eigenvalue weighted by Crippen LogP contribution is -2.29. The minimum atomic E-state index is 0.800. The standard InChI is InChI=1S/C28H23N2O2/c1-18(16-25-29(2)23-14-12-19-8-4-6-10-21(19)27(23)31-25)17-26-30(3)24-15-13-20-9-5-7-11-22(20)28(24)32-26/h4-17H,1-3H3/q+1. The molecule has 0 aliphatic carbocycles. The van der Waals surface area contributed by atoms with Crippen molar-refractivity contribution >= 4 is 44.4 Å². The molecule has 0 amide bonds. The maximum absolute atomic E-state index is 6.30. The van der Waals surface area contributed by atoms with Crippen molar-refractivity contribution < 1.29 is 13.7 Å². The number of aryl methyl sites for hydroxylation is 1. The third-order valence-corrected chi connectivity index (χ3v) is 6.22. The summed E-state index contributed by atoms with van der Waals surface area (Å²) in [5.74, 6) is 2.51. The Kier molecular flexibility index (Phi) is 4.08. The van der Waals surface area contributed by atoms with E-state index in [1.165, 1.54) is 10.8 Å². The topological polar surface area (TPSA) is 29.5 Å². The minimum absolute atomic E-state index is 0.800. The molecular formula is C28H23N2O2+. The van der Waals surface area contributed by atoms with Crippen LogP contribution >= 0.6 is 0 Å². The number of ether oxygens (including phenoxy) is 1. The third kappa shape index (κ3) is 2.80. The monoisotopic (exact) mass is 419 g/mol. The molecule has 0 N–H and O–H groups in total. The fourth-order valence-corrected chi connectivity index (χ4v) is 4.47. The maximum atomic E-state index is 6.30. The van der Waals surface area contributed by atoms with Crippen molar-refractivity contribution in [2.75, 3.05) is 11.9 Å². The molecule has 0 spiro atoms. The lowest BCUT2D eigenvalue weighted by atomic mass is 10.1. The molecule has 2 heterocycles. The summed E-state index contributed by atoms with van der Waals surface area (Å²) in [6, 6.07) is 25.1. The fraction of sp³-hybridized carbons (Fsp3) is 0.107. The van der Waals surface area contributed by atoms with Gasteiger partial charge in [0.1, 0.15) is 7.05 Å². The van der Waals surface area contributed by atoms with Gasteiger partial charge in [0.25, 0.3) is 5.52 Å². The van der Waals surface area contributed by atoms with Crippen LogP contribution in [0.1, 0.15) is 12.8 Å². The maximum Gasteiger partial charge on any atom is 0.374 e. The Hall–Kier alpha value is -4.05. The predicted molar refractivity (Wildman–Crippen MR) is 130 cm³/mol. The number of rotatable bonds is 2. The van der Waals surface area contributed by atoms with E-state index in [9.17, 15) is 0 Å². The zero-order valence-electron chi connectivity index (χ0n) is 18.3. The van der Waals surface area contributed by atoms with Crippen LogP contribution in [-0.2, 0) is 7.05 Å². The van der Waals surface area contributed by atoms with Gasteiger partial charge in [-0.3, -0.25) is 0 Å². The SMILES string of the molecule is CC(=Cc1oc2c3ccccc3ccc2[n+]1C)C=C1Oc2c(ccc3ccccc23)N1C. The van der Waals surface area contributed by atoms with Crippen LogP contribution in [0.25, 0.3) is 38.7 Å². The van der Waals surface area contributed by atoms with Gasteiger partial charge in [-0.1, -0.05) is 54.6 Å². The van der Waals surface area contributed by atoms with Gasteiger partial charge in [-0.25, -0.2) is 0 Å². The van der Waals surface area contributed by atoms with Gasteiger partial charge in [-0.05, 0) is 35.4 Å². The first-order chi connectivity index (χ1) is 15.6. The van der Waals surface area contributed by atoms with Gasteiger partial charge in [0.2, 0.25) is 11.5 Å². The highest BCUT2D eigenvalue weighted by molar-refractivity contribution is 6.02. The predicted octanol–water partition coefficient (Wildman–Crippen LogP) is 6.34. The Morgan fingerprint density at radius 2 is 1.56 bits per heavy atom. The Bertz CT molecular complexity index is 1590. The molecule has 4 nitrogen and oxygen atoms in total. The summed E-state index contributed by atoms with van der Waals surface area (Å²) in [4.78, 5) is 2.09. The summed E-state index contributed by atoms with van der Waals surface area (Å²) in [5.41, 5.74) is 4.10. The molecule has 0 saturated heterocycles. The van der Waals surface area contributed by atoms with Gasteiger partial charge < -0.3 is 14.1 Å². The molecule has 0 atom stereocenters. The summed E-state index contributed by atoms with van der Waals surface area (Å²) in [6.07, 6.45) is 4.11. The van der Waals surface area contributed by atoms with E-state index in [0.717, 1.165) is 50.7 Å². The summed E-state index contributed by atoms with van der Waals surface area (Å²) in [7, 11) is 4.07. The summed E-state index contributed by atoms with van der Waals surface area (Å²) >= 11 is 0. The van der Waals surface area contributed by atoms with Crippen molar-refractivity contribution in [3.05, 3.63) is 96.2 Å². The molecule has 0 unspecified atom stereocenters. The largest absolute Gasteiger partial charge is 0.438 e. The van der Waals surface area contributed by atoms with E-state index in [1.807, 2.05) is 38.4 Å². The highest BCUT2D eigenvalue weighted by Gasteiger charge is 2.25. The normalized spacial score (nSPS) is 15.2. The van der Waals surface area contributed by atoms with E-state index in [0.29, 0.717) is 0 Å². The average Bonchev–Trinajstić information content (AvgIpc) is 3.30. The first-order valence-corrected chi connectivity index (χ1v) is 10.7. The van der Waals surface area contributed by atoms with E-state index in [-0.39, 0.29) is 0 Å². The third-order valence-electron chi connectivity index (χ3n) is 6.22.